The largest absolute Gasteiger partial charge is 0.573 e. The average molecular weight is 559 g/mol. The predicted molar refractivity (Wildman–Crippen MR) is 132 cm³/mol. The molecule has 16 heteroatoms. The lowest BCUT2D eigenvalue weighted by atomic mass is 10.1. The van der Waals surface area contributed by atoms with Gasteiger partial charge in [-0.05, 0) is 45.4 Å². The van der Waals surface area contributed by atoms with Crippen molar-refractivity contribution in [3.8, 4) is 5.75 Å². The summed E-state index contributed by atoms with van der Waals surface area (Å²) in [6.07, 6.45) is -2.91. The first-order valence-electron chi connectivity index (χ1n) is 11.4. The Morgan fingerprint density at radius 1 is 1.18 bits per heavy atom. The lowest BCUT2D eigenvalue weighted by Gasteiger charge is -2.32. The van der Waals surface area contributed by atoms with E-state index in [0.717, 1.165) is 12.1 Å². The van der Waals surface area contributed by atoms with Crippen molar-refractivity contribution >= 4 is 30.4 Å². The van der Waals surface area contributed by atoms with Gasteiger partial charge in [-0.1, -0.05) is 12.1 Å². The highest BCUT2D eigenvalue weighted by molar-refractivity contribution is 7.59. The SMILES string of the molecule is C[C@H](Cn1cnc2c(N)ncnc21)OCP(=O)(N[C@H](C)c1ccc(OC(F)(F)F)cc1)NC(C)(C)C(=O)O. The number of hydrogen-bond acceptors (Lipinski definition) is 8. The first-order valence-corrected chi connectivity index (χ1v) is 13.3. The van der Waals surface area contributed by atoms with Gasteiger partial charge in [-0.25, -0.2) is 25.1 Å². The number of carbonyl (C=O) groups is 1. The zero-order valence-electron chi connectivity index (χ0n) is 21.1. The van der Waals surface area contributed by atoms with Crippen LogP contribution >= 0.6 is 7.44 Å². The molecule has 0 fully saturated rings. The van der Waals surface area contributed by atoms with Crippen LogP contribution in [0.1, 0.15) is 39.3 Å². The molecule has 1 aromatic carbocycles. The molecule has 3 atom stereocenters. The molecule has 2 heterocycles. The van der Waals surface area contributed by atoms with Crippen molar-refractivity contribution < 1.29 is 37.1 Å². The Balaban J connectivity index is 1.73. The summed E-state index contributed by atoms with van der Waals surface area (Å²) < 4.78 is 62.7. The van der Waals surface area contributed by atoms with E-state index in [9.17, 15) is 27.6 Å². The van der Waals surface area contributed by atoms with E-state index in [4.69, 9.17) is 10.5 Å². The summed E-state index contributed by atoms with van der Waals surface area (Å²) in [5.74, 6) is -1.42. The Labute approximate surface area is 216 Å². The van der Waals surface area contributed by atoms with Crippen LogP contribution in [0.5, 0.6) is 5.75 Å². The fourth-order valence-electron chi connectivity index (χ4n) is 3.54. The number of nitrogens with two attached hydrogens (primary N) is 1. The Morgan fingerprint density at radius 2 is 1.84 bits per heavy atom. The summed E-state index contributed by atoms with van der Waals surface area (Å²) >= 11 is 0. The molecule has 0 aliphatic rings. The number of carboxylic acids is 1. The molecule has 208 valence electrons. The summed E-state index contributed by atoms with van der Waals surface area (Å²) in [6, 6.07) is 4.36. The minimum atomic E-state index is -4.83. The van der Waals surface area contributed by atoms with Gasteiger partial charge in [0.25, 0.3) is 0 Å². The fourth-order valence-corrected chi connectivity index (χ4v) is 5.98. The number of rotatable bonds is 12. The van der Waals surface area contributed by atoms with E-state index >= 15 is 0 Å². The molecule has 0 radical (unpaired) electrons. The van der Waals surface area contributed by atoms with Crippen molar-refractivity contribution in [1.82, 2.24) is 29.7 Å². The third-order valence-electron chi connectivity index (χ3n) is 5.43. The Kier molecular flexibility index (Phi) is 8.66. The third-order valence-corrected chi connectivity index (χ3v) is 7.67. The highest BCUT2D eigenvalue weighted by Crippen LogP contribution is 2.42. The van der Waals surface area contributed by atoms with Crippen molar-refractivity contribution in [3.05, 3.63) is 42.5 Å². The van der Waals surface area contributed by atoms with E-state index in [-0.39, 0.29) is 12.4 Å². The maximum absolute atomic E-state index is 13.9. The highest BCUT2D eigenvalue weighted by Gasteiger charge is 2.37. The smallest absolute Gasteiger partial charge is 0.480 e. The monoisotopic (exact) mass is 559 g/mol. The van der Waals surface area contributed by atoms with Crippen molar-refractivity contribution in [1.29, 1.82) is 0 Å². The number of hydrogen-bond donors (Lipinski definition) is 4. The quantitative estimate of drug-likeness (QED) is 0.239. The lowest BCUT2D eigenvalue weighted by molar-refractivity contribution is -0.274. The molecule has 0 saturated carbocycles. The minimum absolute atomic E-state index is 0.225. The summed E-state index contributed by atoms with van der Waals surface area (Å²) in [5.41, 5.74) is 5.63. The van der Waals surface area contributed by atoms with Crippen LogP contribution in [0.2, 0.25) is 0 Å². The van der Waals surface area contributed by atoms with Gasteiger partial charge >= 0.3 is 12.3 Å². The van der Waals surface area contributed by atoms with Crippen LogP contribution in [-0.4, -0.2) is 54.9 Å². The molecular formula is C22H29F3N7O5P. The summed E-state index contributed by atoms with van der Waals surface area (Å²) in [4.78, 5) is 24.0. The van der Waals surface area contributed by atoms with Crippen LogP contribution in [0.15, 0.2) is 36.9 Å². The number of carboxylic acid groups (broad SMARTS) is 1. The molecule has 5 N–H and O–H groups in total. The fraction of sp³-hybridized carbons (Fsp3) is 0.455. The minimum Gasteiger partial charge on any atom is -0.480 e. The van der Waals surface area contributed by atoms with E-state index in [1.807, 2.05) is 0 Å². The maximum atomic E-state index is 13.9. The number of anilines is 1. The number of alkyl halides is 3. The number of nitrogens with one attached hydrogen (secondary N) is 2. The standard InChI is InChI=1S/C22H29F3N7O5P/c1-13(9-32-11-29-17-18(26)27-10-28-19(17)32)36-12-38(35,31-21(3,4)20(33)34)30-14(2)15-5-7-16(8-6-15)37-22(23,24)25/h5-8,10-11,13-14H,9,12H2,1-4H3,(H,33,34)(H2,26,27,28)(H2,30,31,35)/t13-,14-,38?/m1/s1. The molecular weight excluding hydrogens is 530 g/mol. The molecule has 12 nitrogen and oxygen atoms in total. The first kappa shape index (κ1) is 29.3. The molecule has 0 bridgehead atoms. The molecule has 0 saturated heterocycles. The molecule has 2 aromatic heterocycles. The molecule has 38 heavy (non-hydrogen) atoms. The van der Waals surface area contributed by atoms with Gasteiger partial charge in [-0.3, -0.25) is 9.36 Å². The summed E-state index contributed by atoms with van der Waals surface area (Å²) in [7, 11) is -3.75. The van der Waals surface area contributed by atoms with E-state index in [1.165, 1.54) is 38.6 Å². The number of benzene rings is 1. The molecule has 1 unspecified atom stereocenters. The zero-order chi connectivity index (χ0) is 28.3. The second kappa shape index (κ2) is 11.2. The van der Waals surface area contributed by atoms with Crippen molar-refractivity contribution in [2.45, 2.75) is 58.3 Å². The number of aliphatic carboxylic acids is 1. The Morgan fingerprint density at radius 3 is 2.45 bits per heavy atom. The number of fused-ring (bicyclic) bond motifs is 1. The van der Waals surface area contributed by atoms with Crippen LogP contribution in [0.4, 0.5) is 19.0 Å². The second-order valence-corrected chi connectivity index (χ2v) is 11.4. The van der Waals surface area contributed by atoms with Gasteiger partial charge < -0.3 is 24.9 Å². The molecule has 3 rings (SSSR count). The van der Waals surface area contributed by atoms with Crippen molar-refractivity contribution in [3.63, 3.8) is 0 Å². The van der Waals surface area contributed by atoms with Gasteiger partial charge in [0, 0.05) is 6.04 Å². The molecule has 3 aromatic rings. The van der Waals surface area contributed by atoms with Crippen LogP contribution in [0, 0.1) is 0 Å². The third kappa shape index (κ3) is 7.63. The average Bonchev–Trinajstić information content (AvgIpc) is 3.20. The van der Waals surface area contributed by atoms with Crippen LogP contribution < -0.4 is 20.6 Å². The predicted octanol–water partition coefficient (Wildman–Crippen LogP) is 3.67. The van der Waals surface area contributed by atoms with Crippen LogP contribution in [0.25, 0.3) is 11.2 Å². The summed E-state index contributed by atoms with van der Waals surface area (Å²) in [6.45, 7) is 6.33. The molecule has 0 spiro atoms. The van der Waals surface area contributed by atoms with Gasteiger partial charge in [0.05, 0.1) is 19.0 Å². The van der Waals surface area contributed by atoms with Crippen LogP contribution in [0.3, 0.4) is 0 Å². The maximum Gasteiger partial charge on any atom is 0.573 e. The van der Waals surface area contributed by atoms with Gasteiger partial charge in [0.2, 0.25) is 7.44 Å². The number of aromatic nitrogens is 4. The number of ether oxygens (including phenoxy) is 2. The first-order chi connectivity index (χ1) is 17.6. The normalized spacial score (nSPS) is 15.7. The van der Waals surface area contributed by atoms with E-state index in [0.29, 0.717) is 16.7 Å². The number of nitrogen functional groups attached to an aromatic ring is 1. The topological polar surface area (TPSA) is 167 Å². The van der Waals surface area contributed by atoms with E-state index < -0.39 is 49.6 Å². The molecule has 0 aliphatic carbocycles. The van der Waals surface area contributed by atoms with Crippen molar-refractivity contribution in [2.75, 3.05) is 12.1 Å². The van der Waals surface area contributed by atoms with Gasteiger partial charge in [-0.2, -0.15) is 0 Å². The second-order valence-electron chi connectivity index (χ2n) is 9.18. The molecule has 0 aliphatic heterocycles. The lowest BCUT2D eigenvalue weighted by Crippen LogP contribution is -2.47. The van der Waals surface area contributed by atoms with Gasteiger partial charge in [-0.15, -0.1) is 13.2 Å². The zero-order valence-corrected chi connectivity index (χ0v) is 22.0. The number of imidazole rings is 1. The van der Waals surface area contributed by atoms with Gasteiger partial charge in [0.15, 0.2) is 11.5 Å². The van der Waals surface area contributed by atoms with E-state index in [2.05, 4.69) is 29.9 Å². The van der Waals surface area contributed by atoms with E-state index in [1.54, 1.807) is 18.4 Å². The van der Waals surface area contributed by atoms with Crippen LogP contribution in [-0.2, 0) is 20.6 Å². The highest BCUT2D eigenvalue weighted by atomic mass is 31.2. The number of nitrogens with zero attached hydrogens (tertiary/aromatic N) is 4. The molecule has 0 amide bonds. The Hall–Kier alpha value is -3.26. The van der Waals surface area contributed by atoms with Gasteiger partial charge in [0.1, 0.15) is 29.5 Å². The Bertz CT molecular complexity index is 1320. The summed E-state index contributed by atoms with van der Waals surface area (Å²) in [5, 5.41) is 15.1. The van der Waals surface area contributed by atoms with Crippen molar-refractivity contribution in [2.24, 2.45) is 0 Å². The number of halogens is 3.